The lowest BCUT2D eigenvalue weighted by molar-refractivity contribution is 0.0690. The van der Waals surface area contributed by atoms with Gasteiger partial charge < -0.3 is 14.4 Å². The molecule has 0 saturated carbocycles. The number of carbonyl (C=O) groups excluding carboxylic acids is 1. The number of likely N-dealkylation sites (tertiary alicyclic amines) is 1. The van der Waals surface area contributed by atoms with Crippen LogP contribution < -0.4 is 9.47 Å². The van der Waals surface area contributed by atoms with Crippen LogP contribution in [0.3, 0.4) is 0 Å². The van der Waals surface area contributed by atoms with Crippen LogP contribution in [-0.4, -0.2) is 38.1 Å². The number of nitrogens with zero attached hydrogens (tertiary/aromatic N) is 1. The highest BCUT2D eigenvalue weighted by atomic mass is 79.9. The molecule has 1 fully saturated rings. The summed E-state index contributed by atoms with van der Waals surface area (Å²) in [6, 6.07) is 3.59. The SMILES string of the molecule is COc1cc(Br)cc(OC)c1C(=O)N1CCC(C)CC1. The molecule has 1 aliphatic rings. The van der Waals surface area contributed by atoms with Gasteiger partial charge in [-0.05, 0) is 30.9 Å². The van der Waals surface area contributed by atoms with Gasteiger partial charge >= 0.3 is 0 Å². The van der Waals surface area contributed by atoms with Gasteiger partial charge in [-0.3, -0.25) is 4.79 Å². The van der Waals surface area contributed by atoms with Crippen molar-refractivity contribution in [3.8, 4) is 11.5 Å². The van der Waals surface area contributed by atoms with E-state index in [1.165, 1.54) is 0 Å². The van der Waals surface area contributed by atoms with Crippen LogP contribution in [0.4, 0.5) is 0 Å². The molecule has 1 amide bonds. The molecular formula is C15H20BrNO3. The minimum Gasteiger partial charge on any atom is -0.496 e. The Morgan fingerprint density at radius 1 is 1.20 bits per heavy atom. The van der Waals surface area contributed by atoms with Gasteiger partial charge in [0.25, 0.3) is 5.91 Å². The predicted molar refractivity (Wildman–Crippen MR) is 81.5 cm³/mol. The monoisotopic (exact) mass is 341 g/mol. The van der Waals surface area contributed by atoms with Crippen LogP contribution in [0.25, 0.3) is 0 Å². The highest BCUT2D eigenvalue weighted by molar-refractivity contribution is 9.10. The minimum absolute atomic E-state index is 0.0156. The first-order chi connectivity index (χ1) is 9.56. The molecule has 0 radical (unpaired) electrons. The summed E-state index contributed by atoms with van der Waals surface area (Å²) in [6.07, 6.45) is 2.10. The van der Waals surface area contributed by atoms with E-state index in [2.05, 4.69) is 22.9 Å². The summed E-state index contributed by atoms with van der Waals surface area (Å²) in [7, 11) is 3.13. The lowest BCUT2D eigenvalue weighted by atomic mass is 9.98. The van der Waals surface area contributed by atoms with Crippen LogP contribution in [0.1, 0.15) is 30.1 Å². The molecule has 20 heavy (non-hydrogen) atoms. The Labute approximate surface area is 128 Å². The van der Waals surface area contributed by atoms with Crippen molar-refractivity contribution >= 4 is 21.8 Å². The van der Waals surface area contributed by atoms with Crippen molar-refractivity contribution in [3.63, 3.8) is 0 Å². The quantitative estimate of drug-likeness (QED) is 0.846. The van der Waals surface area contributed by atoms with Gasteiger partial charge in [0.2, 0.25) is 0 Å². The molecule has 0 aliphatic carbocycles. The largest absolute Gasteiger partial charge is 0.496 e. The van der Waals surface area contributed by atoms with Crippen molar-refractivity contribution in [2.24, 2.45) is 5.92 Å². The Kier molecular flexibility index (Phi) is 4.91. The Hall–Kier alpha value is -1.23. The zero-order valence-corrected chi connectivity index (χ0v) is 13.7. The maximum Gasteiger partial charge on any atom is 0.261 e. The zero-order chi connectivity index (χ0) is 14.7. The smallest absolute Gasteiger partial charge is 0.261 e. The third-order valence-electron chi connectivity index (χ3n) is 3.76. The average molecular weight is 342 g/mol. The highest BCUT2D eigenvalue weighted by Gasteiger charge is 2.27. The molecule has 1 aliphatic heterocycles. The topological polar surface area (TPSA) is 38.8 Å². The molecule has 2 rings (SSSR count). The van der Waals surface area contributed by atoms with Crippen molar-refractivity contribution in [2.75, 3.05) is 27.3 Å². The summed E-state index contributed by atoms with van der Waals surface area (Å²) in [4.78, 5) is 14.6. The third kappa shape index (κ3) is 3.08. The number of benzene rings is 1. The molecule has 1 heterocycles. The standard InChI is InChI=1S/C15H20BrNO3/c1-10-4-6-17(7-5-10)15(18)14-12(19-2)8-11(16)9-13(14)20-3/h8-10H,4-7H2,1-3H3. The second-order valence-corrected chi connectivity index (χ2v) is 6.08. The fourth-order valence-electron chi connectivity index (χ4n) is 2.46. The van der Waals surface area contributed by atoms with E-state index in [9.17, 15) is 4.79 Å². The van der Waals surface area contributed by atoms with Crippen molar-refractivity contribution in [1.29, 1.82) is 0 Å². The van der Waals surface area contributed by atoms with E-state index in [4.69, 9.17) is 9.47 Å². The van der Waals surface area contributed by atoms with Crippen LogP contribution in [0, 0.1) is 5.92 Å². The van der Waals surface area contributed by atoms with Gasteiger partial charge in [-0.15, -0.1) is 0 Å². The number of halogens is 1. The lowest BCUT2D eigenvalue weighted by Crippen LogP contribution is -2.38. The summed E-state index contributed by atoms with van der Waals surface area (Å²) >= 11 is 3.40. The van der Waals surface area contributed by atoms with E-state index in [1.54, 1.807) is 26.4 Å². The molecule has 0 unspecified atom stereocenters. The molecular weight excluding hydrogens is 322 g/mol. The molecule has 0 aromatic heterocycles. The summed E-state index contributed by atoms with van der Waals surface area (Å²) in [5, 5.41) is 0. The van der Waals surface area contributed by atoms with Gasteiger partial charge in [0.15, 0.2) is 0 Å². The van der Waals surface area contributed by atoms with E-state index in [1.807, 2.05) is 4.90 Å². The van der Waals surface area contributed by atoms with Crippen LogP contribution >= 0.6 is 15.9 Å². The molecule has 0 N–H and O–H groups in total. The molecule has 1 saturated heterocycles. The minimum atomic E-state index is -0.0156. The van der Waals surface area contributed by atoms with Crippen molar-refractivity contribution in [2.45, 2.75) is 19.8 Å². The summed E-state index contributed by atoms with van der Waals surface area (Å²) in [5.41, 5.74) is 0.507. The van der Waals surface area contributed by atoms with Gasteiger partial charge in [-0.25, -0.2) is 0 Å². The molecule has 0 spiro atoms. The second-order valence-electron chi connectivity index (χ2n) is 5.16. The van der Waals surface area contributed by atoms with Crippen LogP contribution in [0.2, 0.25) is 0 Å². The van der Waals surface area contributed by atoms with Crippen LogP contribution in [-0.2, 0) is 0 Å². The van der Waals surface area contributed by atoms with E-state index in [-0.39, 0.29) is 5.91 Å². The van der Waals surface area contributed by atoms with Crippen LogP contribution in [0.5, 0.6) is 11.5 Å². The Balaban J connectivity index is 2.33. The number of rotatable bonds is 3. The highest BCUT2D eigenvalue weighted by Crippen LogP contribution is 2.34. The van der Waals surface area contributed by atoms with Gasteiger partial charge in [0.1, 0.15) is 17.1 Å². The molecule has 1 aromatic rings. The van der Waals surface area contributed by atoms with Crippen LogP contribution in [0.15, 0.2) is 16.6 Å². The second kappa shape index (κ2) is 6.48. The van der Waals surface area contributed by atoms with Crippen molar-refractivity contribution in [1.82, 2.24) is 4.90 Å². The van der Waals surface area contributed by atoms with E-state index in [0.29, 0.717) is 23.0 Å². The Morgan fingerprint density at radius 3 is 2.15 bits per heavy atom. The first kappa shape index (κ1) is 15.2. The molecule has 110 valence electrons. The number of piperidine rings is 1. The molecule has 4 nitrogen and oxygen atoms in total. The number of methoxy groups -OCH3 is 2. The van der Waals surface area contributed by atoms with Crippen molar-refractivity contribution in [3.05, 3.63) is 22.2 Å². The molecule has 1 aromatic carbocycles. The number of ether oxygens (including phenoxy) is 2. The molecule has 0 bridgehead atoms. The maximum atomic E-state index is 12.7. The number of carbonyl (C=O) groups is 1. The number of amides is 1. The molecule has 0 atom stereocenters. The van der Waals surface area contributed by atoms with Gasteiger partial charge in [0, 0.05) is 17.6 Å². The van der Waals surface area contributed by atoms with E-state index >= 15 is 0 Å². The number of hydrogen-bond acceptors (Lipinski definition) is 3. The molecule has 5 heteroatoms. The predicted octanol–water partition coefficient (Wildman–Crippen LogP) is 3.34. The first-order valence-electron chi connectivity index (χ1n) is 6.77. The number of hydrogen-bond donors (Lipinski definition) is 0. The first-order valence-corrected chi connectivity index (χ1v) is 7.57. The summed E-state index contributed by atoms with van der Waals surface area (Å²) in [6.45, 7) is 3.81. The fourth-order valence-corrected chi connectivity index (χ4v) is 2.88. The van der Waals surface area contributed by atoms with E-state index < -0.39 is 0 Å². The normalized spacial score (nSPS) is 16.1. The zero-order valence-electron chi connectivity index (χ0n) is 12.1. The van der Waals surface area contributed by atoms with Gasteiger partial charge in [-0.2, -0.15) is 0 Å². The summed E-state index contributed by atoms with van der Waals surface area (Å²) in [5.74, 6) is 1.76. The fraction of sp³-hybridized carbons (Fsp3) is 0.533. The lowest BCUT2D eigenvalue weighted by Gasteiger charge is -2.31. The Bertz CT molecular complexity index is 471. The van der Waals surface area contributed by atoms with Gasteiger partial charge in [0.05, 0.1) is 14.2 Å². The maximum absolute atomic E-state index is 12.7. The van der Waals surface area contributed by atoms with Gasteiger partial charge in [-0.1, -0.05) is 22.9 Å². The average Bonchev–Trinajstić information content (AvgIpc) is 2.46. The third-order valence-corrected chi connectivity index (χ3v) is 4.21. The van der Waals surface area contributed by atoms with Crippen molar-refractivity contribution < 1.29 is 14.3 Å². The van der Waals surface area contributed by atoms with E-state index in [0.717, 1.165) is 30.4 Å². The summed E-state index contributed by atoms with van der Waals surface area (Å²) < 4.78 is 11.5. The Morgan fingerprint density at radius 2 is 1.70 bits per heavy atom.